The minimum Gasteiger partial charge on any atom is -0.353 e. The predicted octanol–water partition coefficient (Wildman–Crippen LogP) is -0.191. The van der Waals surface area contributed by atoms with Crippen LogP contribution in [0.2, 0.25) is 0 Å². The fourth-order valence-corrected chi connectivity index (χ4v) is 2.57. The first kappa shape index (κ1) is 13.4. The molecular formula is C10H20N2O3S. The molecule has 0 spiro atoms. The van der Waals surface area contributed by atoms with Gasteiger partial charge in [0.05, 0.1) is 0 Å². The molecule has 1 aliphatic rings. The van der Waals surface area contributed by atoms with Gasteiger partial charge in [-0.1, -0.05) is 19.3 Å². The first-order valence-corrected chi connectivity index (χ1v) is 7.60. The molecule has 6 heteroatoms. The molecule has 3 N–H and O–H groups in total. The van der Waals surface area contributed by atoms with Gasteiger partial charge in [0.15, 0.2) is 9.84 Å². The van der Waals surface area contributed by atoms with Gasteiger partial charge in [0.1, 0.15) is 5.75 Å². The smallest absolute Gasteiger partial charge is 0.235 e. The van der Waals surface area contributed by atoms with Crippen molar-refractivity contribution in [2.24, 2.45) is 5.73 Å². The maximum Gasteiger partial charge on any atom is 0.235 e. The predicted molar refractivity (Wildman–Crippen MR) is 62.7 cm³/mol. The van der Waals surface area contributed by atoms with E-state index in [4.69, 9.17) is 5.73 Å². The highest BCUT2D eigenvalue weighted by molar-refractivity contribution is 7.91. The summed E-state index contributed by atoms with van der Waals surface area (Å²) in [6.07, 6.45) is 6.19. The lowest BCUT2D eigenvalue weighted by molar-refractivity contribution is -0.118. The summed E-state index contributed by atoms with van der Waals surface area (Å²) in [7, 11) is -3.25. The largest absolute Gasteiger partial charge is 0.353 e. The highest BCUT2D eigenvalue weighted by Gasteiger charge is 2.27. The summed E-state index contributed by atoms with van der Waals surface area (Å²) in [4.78, 5) is 11.3. The molecule has 0 aromatic carbocycles. The number of sulfone groups is 1. The van der Waals surface area contributed by atoms with Crippen LogP contribution in [0.15, 0.2) is 0 Å². The van der Waals surface area contributed by atoms with Crippen LogP contribution in [0, 0.1) is 0 Å². The minimum absolute atomic E-state index is 0.342. The van der Waals surface area contributed by atoms with Gasteiger partial charge in [-0.05, 0) is 12.8 Å². The van der Waals surface area contributed by atoms with Gasteiger partial charge in [0.25, 0.3) is 0 Å². The second kappa shape index (κ2) is 5.14. The van der Waals surface area contributed by atoms with Crippen molar-refractivity contribution in [3.8, 4) is 0 Å². The molecule has 1 saturated carbocycles. The third kappa shape index (κ3) is 4.94. The van der Waals surface area contributed by atoms with Crippen LogP contribution in [-0.2, 0) is 14.6 Å². The maximum atomic E-state index is 11.3. The second-order valence-electron chi connectivity index (χ2n) is 4.77. The number of hydrogen-bond acceptors (Lipinski definition) is 4. The molecule has 0 radical (unpaired) electrons. The normalized spacial score (nSPS) is 20.4. The van der Waals surface area contributed by atoms with E-state index in [0.717, 1.165) is 31.9 Å². The lowest BCUT2D eigenvalue weighted by Gasteiger charge is -2.33. The van der Waals surface area contributed by atoms with Crippen LogP contribution >= 0.6 is 0 Å². The molecule has 0 unspecified atom stereocenters. The van der Waals surface area contributed by atoms with Crippen molar-refractivity contribution < 1.29 is 13.2 Å². The van der Waals surface area contributed by atoms with E-state index in [1.54, 1.807) is 0 Å². The van der Waals surface area contributed by atoms with Crippen LogP contribution in [-0.4, -0.2) is 38.4 Å². The lowest BCUT2D eigenvalue weighted by Crippen LogP contribution is -2.52. The van der Waals surface area contributed by atoms with Crippen LogP contribution in [0.3, 0.4) is 0 Å². The van der Waals surface area contributed by atoms with E-state index in [-0.39, 0.29) is 5.54 Å². The van der Waals surface area contributed by atoms with Gasteiger partial charge in [0.2, 0.25) is 5.91 Å². The topological polar surface area (TPSA) is 89.3 Å². The Labute approximate surface area is 96.7 Å². The van der Waals surface area contributed by atoms with Crippen molar-refractivity contribution in [1.29, 1.82) is 0 Å². The van der Waals surface area contributed by atoms with Crippen molar-refractivity contribution in [3.63, 3.8) is 0 Å². The zero-order chi connectivity index (χ0) is 12.2. The molecule has 0 bridgehead atoms. The number of nitrogens with one attached hydrogen (secondary N) is 1. The molecule has 0 aromatic rings. The monoisotopic (exact) mass is 248 g/mol. The summed E-state index contributed by atoms with van der Waals surface area (Å²) in [5, 5.41) is 2.61. The van der Waals surface area contributed by atoms with E-state index in [9.17, 15) is 13.2 Å². The highest BCUT2D eigenvalue weighted by atomic mass is 32.2. The van der Waals surface area contributed by atoms with Crippen LogP contribution in [0.1, 0.15) is 32.1 Å². The highest BCUT2D eigenvalue weighted by Crippen LogP contribution is 2.24. The number of amides is 1. The van der Waals surface area contributed by atoms with Gasteiger partial charge < -0.3 is 11.1 Å². The Balaban J connectivity index is 2.36. The van der Waals surface area contributed by atoms with Crippen LogP contribution in [0.5, 0.6) is 0 Å². The van der Waals surface area contributed by atoms with E-state index < -0.39 is 21.5 Å². The Hall–Kier alpha value is -0.620. The average molecular weight is 248 g/mol. The van der Waals surface area contributed by atoms with E-state index in [1.807, 2.05) is 0 Å². The molecule has 1 aliphatic carbocycles. The number of carbonyl (C=O) groups is 1. The summed E-state index contributed by atoms with van der Waals surface area (Å²) < 4.78 is 21.8. The van der Waals surface area contributed by atoms with Crippen molar-refractivity contribution >= 4 is 15.7 Å². The zero-order valence-electron chi connectivity index (χ0n) is 9.66. The van der Waals surface area contributed by atoms with Gasteiger partial charge >= 0.3 is 0 Å². The molecule has 0 atom stereocenters. The average Bonchev–Trinajstić information content (AvgIpc) is 2.14. The molecule has 1 fully saturated rings. The van der Waals surface area contributed by atoms with Crippen molar-refractivity contribution in [1.82, 2.24) is 5.32 Å². The summed E-state index contributed by atoms with van der Waals surface area (Å²) >= 11 is 0. The van der Waals surface area contributed by atoms with Crippen molar-refractivity contribution in [2.75, 3.05) is 18.6 Å². The zero-order valence-corrected chi connectivity index (χ0v) is 10.5. The van der Waals surface area contributed by atoms with Crippen LogP contribution in [0.4, 0.5) is 0 Å². The molecule has 16 heavy (non-hydrogen) atoms. The van der Waals surface area contributed by atoms with Gasteiger partial charge in [-0.3, -0.25) is 4.79 Å². The van der Waals surface area contributed by atoms with E-state index >= 15 is 0 Å². The second-order valence-corrected chi connectivity index (χ2v) is 6.91. The molecule has 0 aliphatic heterocycles. The fourth-order valence-electron chi connectivity index (χ4n) is 2.00. The Kier molecular flexibility index (Phi) is 4.32. The molecule has 0 heterocycles. The van der Waals surface area contributed by atoms with Gasteiger partial charge in [-0.2, -0.15) is 0 Å². The Bertz CT molecular complexity index is 345. The molecule has 1 rings (SSSR count). The molecule has 1 amide bonds. The molecular weight excluding hydrogens is 228 g/mol. The first-order valence-electron chi connectivity index (χ1n) is 5.54. The summed E-state index contributed by atoms with van der Waals surface area (Å²) in [5.74, 6) is -0.916. The first-order chi connectivity index (χ1) is 7.31. The number of hydrogen-bond donors (Lipinski definition) is 2. The van der Waals surface area contributed by atoms with E-state index in [0.29, 0.717) is 6.54 Å². The molecule has 94 valence electrons. The van der Waals surface area contributed by atoms with Gasteiger partial charge in [-0.15, -0.1) is 0 Å². The standard InChI is InChI=1S/C10H20N2O3S/c1-16(14,15)7-9(13)12-8-10(11)5-3-2-4-6-10/h2-8,11H2,1H3,(H,12,13). The van der Waals surface area contributed by atoms with Crippen LogP contribution in [0.25, 0.3) is 0 Å². The summed E-state index contributed by atoms with van der Waals surface area (Å²) in [5.41, 5.74) is 5.77. The lowest BCUT2D eigenvalue weighted by atomic mass is 9.82. The maximum absolute atomic E-state index is 11.3. The summed E-state index contributed by atoms with van der Waals surface area (Å²) in [6.45, 7) is 0.376. The quantitative estimate of drug-likeness (QED) is 0.721. The van der Waals surface area contributed by atoms with Crippen molar-refractivity contribution in [3.05, 3.63) is 0 Å². The number of rotatable bonds is 4. The molecule has 0 saturated heterocycles. The van der Waals surface area contributed by atoms with Crippen molar-refractivity contribution in [2.45, 2.75) is 37.6 Å². The van der Waals surface area contributed by atoms with Crippen LogP contribution < -0.4 is 11.1 Å². The molecule has 0 aromatic heterocycles. The number of nitrogens with two attached hydrogens (primary N) is 1. The van der Waals surface area contributed by atoms with Gasteiger partial charge in [0, 0.05) is 18.3 Å². The fraction of sp³-hybridized carbons (Fsp3) is 0.900. The Morgan fingerprint density at radius 2 is 1.88 bits per heavy atom. The Morgan fingerprint density at radius 1 is 1.31 bits per heavy atom. The number of carbonyl (C=O) groups excluding carboxylic acids is 1. The summed E-state index contributed by atoms with van der Waals surface area (Å²) in [6, 6.07) is 0. The molecule has 5 nitrogen and oxygen atoms in total. The minimum atomic E-state index is -3.25. The Morgan fingerprint density at radius 3 is 2.38 bits per heavy atom. The van der Waals surface area contributed by atoms with E-state index in [1.165, 1.54) is 6.42 Å². The van der Waals surface area contributed by atoms with Gasteiger partial charge in [-0.25, -0.2) is 8.42 Å². The third-order valence-corrected chi connectivity index (χ3v) is 3.67. The van der Waals surface area contributed by atoms with E-state index in [2.05, 4.69) is 5.32 Å². The third-order valence-electron chi connectivity index (χ3n) is 2.88. The SMILES string of the molecule is CS(=O)(=O)CC(=O)NCC1(N)CCCCC1.